The summed E-state index contributed by atoms with van der Waals surface area (Å²) in [5.41, 5.74) is 3.82. The summed E-state index contributed by atoms with van der Waals surface area (Å²) in [5, 5.41) is 3.54. The number of nitrogens with one attached hydrogen (secondary N) is 1. The molecular formula is C17H29N3. The van der Waals surface area contributed by atoms with Crippen LogP contribution in [0, 0.1) is 18.8 Å². The highest BCUT2D eigenvalue weighted by atomic mass is 15.2. The van der Waals surface area contributed by atoms with Gasteiger partial charge < -0.3 is 10.2 Å². The largest absolute Gasteiger partial charge is 0.368 e. The van der Waals surface area contributed by atoms with Crippen molar-refractivity contribution in [1.82, 2.24) is 10.3 Å². The van der Waals surface area contributed by atoms with Crippen LogP contribution in [0.15, 0.2) is 12.3 Å². The first-order chi connectivity index (χ1) is 9.47. The Hall–Kier alpha value is -1.09. The van der Waals surface area contributed by atoms with E-state index in [-0.39, 0.29) is 0 Å². The molecular weight excluding hydrogens is 246 g/mol. The van der Waals surface area contributed by atoms with Crippen molar-refractivity contribution in [3.63, 3.8) is 0 Å². The fraction of sp³-hybridized carbons (Fsp3) is 0.706. The SMILES string of the molecule is Cc1cc(N2CC(C)CC2C)c(CNCC(C)C)cn1. The first-order valence-electron chi connectivity index (χ1n) is 7.90. The van der Waals surface area contributed by atoms with Crippen molar-refractivity contribution >= 4 is 5.69 Å². The van der Waals surface area contributed by atoms with Crippen molar-refractivity contribution in [1.29, 1.82) is 0 Å². The van der Waals surface area contributed by atoms with Crippen molar-refractivity contribution in [3.8, 4) is 0 Å². The summed E-state index contributed by atoms with van der Waals surface area (Å²) in [6.07, 6.45) is 3.34. The standard InChI is InChI=1S/C17H29N3/c1-12(2)8-18-9-16-10-19-14(4)7-17(16)20-11-13(3)6-15(20)5/h7,10,12-13,15,18H,6,8-9,11H2,1-5H3. The van der Waals surface area contributed by atoms with Gasteiger partial charge in [-0.15, -0.1) is 0 Å². The first-order valence-corrected chi connectivity index (χ1v) is 7.90. The summed E-state index contributed by atoms with van der Waals surface area (Å²) in [7, 11) is 0. The second-order valence-electron chi connectivity index (χ2n) is 6.82. The fourth-order valence-corrected chi connectivity index (χ4v) is 3.11. The van der Waals surface area contributed by atoms with E-state index in [1.54, 1.807) is 0 Å². The molecule has 1 fully saturated rings. The van der Waals surface area contributed by atoms with Gasteiger partial charge in [0.1, 0.15) is 0 Å². The highest BCUT2D eigenvalue weighted by Gasteiger charge is 2.27. The number of aryl methyl sites for hydroxylation is 1. The lowest BCUT2D eigenvalue weighted by Crippen LogP contribution is -2.29. The van der Waals surface area contributed by atoms with Crippen molar-refractivity contribution in [2.75, 3.05) is 18.0 Å². The number of hydrogen-bond acceptors (Lipinski definition) is 3. The molecule has 0 amide bonds. The average molecular weight is 275 g/mol. The lowest BCUT2D eigenvalue weighted by atomic mass is 10.1. The van der Waals surface area contributed by atoms with E-state index in [0.29, 0.717) is 12.0 Å². The molecule has 1 aromatic heterocycles. The second-order valence-corrected chi connectivity index (χ2v) is 6.82. The van der Waals surface area contributed by atoms with Gasteiger partial charge in [-0.1, -0.05) is 20.8 Å². The maximum Gasteiger partial charge on any atom is 0.0448 e. The third-order valence-electron chi connectivity index (χ3n) is 4.06. The van der Waals surface area contributed by atoms with Gasteiger partial charge in [0, 0.05) is 42.3 Å². The Morgan fingerprint density at radius 3 is 2.75 bits per heavy atom. The van der Waals surface area contributed by atoms with Gasteiger partial charge in [0.05, 0.1) is 0 Å². The van der Waals surface area contributed by atoms with Gasteiger partial charge >= 0.3 is 0 Å². The zero-order valence-corrected chi connectivity index (χ0v) is 13.6. The maximum atomic E-state index is 4.49. The van der Waals surface area contributed by atoms with Crippen LogP contribution in [0.3, 0.4) is 0 Å². The molecule has 3 heteroatoms. The van der Waals surface area contributed by atoms with E-state index in [0.717, 1.165) is 24.7 Å². The Morgan fingerprint density at radius 2 is 2.15 bits per heavy atom. The Kier molecular flexibility index (Phi) is 5.03. The van der Waals surface area contributed by atoms with Crippen LogP contribution in [0.25, 0.3) is 0 Å². The maximum absolute atomic E-state index is 4.49. The van der Waals surface area contributed by atoms with Gasteiger partial charge in [0.15, 0.2) is 0 Å². The van der Waals surface area contributed by atoms with E-state index in [1.807, 2.05) is 6.20 Å². The van der Waals surface area contributed by atoms with Gasteiger partial charge in [-0.3, -0.25) is 4.98 Å². The van der Waals surface area contributed by atoms with E-state index in [2.05, 4.69) is 55.9 Å². The van der Waals surface area contributed by atoms with E-state index >= 15 is 0 Å². The van der Waals surface area contributed by atoms with Gasteiger partial charge in [0.2, 0.25) is 0 Å². The van der Waals surface area contributed by atoms with Gasteiger partial charge in [-0.2, -0.15) is 0 Å². The molecule has 0 radical (unpaired) electrons. The molecule has 2 rings (SSSR count). The molecule has 0 aliphatic carbocycles. The van der Waals surface area contributed by atoms with Gasteiger partial charge in [0.25, 0.3) is 0 Å². The first kappa shape index (κ1) is 15.3. The van der Waals surface area contributed by atoms with Crippen LogP contribution < -0.4 is 10.2 Å². The summed E-state index contributed by atoms with van der Waals surface area (Å²) in [4.78, 5) is 7.05. The van der Waals surface area contributed by atoms with E-state index in [4.69, 9.17) is 0 Å². The van der Waals surface area contributed by atoms with Crippen LogP contribution in [-0.4, -0.2) is 24.1 Å². The molecule has 0 aromatic carbocycles. The second kappa shape index (κ2) is 6.57. The Labute approximate surface area is 123 Å². The number of nitrogens with zero attached hydrogens (tertiary/aromatic N) is 2. The highest BCUT2D eigenvalue weighted by Crippen LogP contribution is 2.31. The zero-order chi connectivity index (χ0) is 14.7. The molecule has 1 aliphatic heterocycles. The van der Waals surface area contributed by atoms with Crippen molar-refractivity contribution < 1.29 is 0 Å². The van der Waals surface area contributed by atoms with Crippen LogP contribution in [-0.2, 0) is 6.54 Å². The Balaban J connectivity index is 2.15. The van der Waals surface area contributed by atoms with Crippen molar-refractivity contribution in [3.05, 3.63) is 23.5 Å². The highest BCUT2D eigenvalue weighted by molar-refractivity contribution is 5.55. The lowest BCUT2D eigenvalue weighted by Gasteiger charge is -2.27. The molecule has 20 heavy (non-hydrogen) atoms. The van der Waals surface area contributed by atoms with Crippen LogP contribution in [0.4, 0.5) is 5.69 Å². The summed E-state index contributed by atoms with van der Waals surface area (Å²) in [6, 6.07) is 2.89. The number of aromatic nitrogens is 1. The summed E-state index contributed by atoms with van der Waals surface area (Å²) in [6.45, 7) is 14.4. The van der Waals surface area contributed by atoms with Crippen molar-refractivity contribution in [2.24, 2.45) is 11.8 Å². The molecule has 0 spiro atoms. The minimum absolute atomic E-state index is 0.635. The molecule has 3 nitrogen and oxygen atoms in total. The van der Waals surface area contributed by atoms with E-state index in [1.165, 1.54) is 24.2 Å². The quantitative estimate of drug-likeness (QED) is 0.893. The predicted octanol–water partition coefficient (Wildman–Crippen LogP) is 3.37. The summed E-state index contributed by atoms with van der Waals surface area (Å²) in [5.74, 6) is 1.47. The molecule has 2 atom stereocenters. The van der Waals surface area contributed by atoms with Crippen molar-refractivity contribution in [2.45, 2.75) is 53.6 Å². The van der Waals surface area contributed by atoms with Gasteiger partial charge in [-0.25, -0.2) is 0 Å². The molecule has 1 aromatic rings. The summed E-state index contributed by atoms with van der Waals surface area (Å²) >= 11 is 0. The predicted molar refractivity (Wildman–Crippen MR) is 86.1 cm³/mol. The van der Waals surface area contributed by atoms with E-state index < -0.39 is 0 Å². The Morgan fingerprint density at radius 1 is 1.40 bits per heavy atom. The number of anilines is 1. The van der Waals surface area contributed by atoms with E-state index in [9.17, 15) is 0 Å². The number of hydrogen-bond donors (Lipinski definition) is 1. The molecule has 1 aliphatic rings. The van der Waals surface area contributed by atoms with Crippen LogP contribution in [0.5, 0.6) is 0 Å². The smallest absolute Gasteiger partial charge is 0.0448 e. The topological polar surface area (TPSA) is 28.2 Å². The van der Waals surface area contributed by atoms with Crippen LogP contribution in [0.1, 0.15) is 45.4 Å². The number of rotatable bonds is 5. The molecule has 2 heterocycles. The molecule has 0 saturated carbocycles. The van der Waals surface area contributed by atoms with Crippen LogP contribution >= 0.6 is 0 Å². The Bertz CT molecular complexity index is 442. The van der Waals surface area contributed by atoms with Crippen LogP contribution in [0.2, 0.25) is 0 Å². The molecule has 1 N–H and O–H groups in total. The molecule has 1 saturated heterocycles. The van der Waals surface area contributed by atoms with Gasteiger partial charge in [-0.05, 0) is 44.7 Å². The fourth-order valence-electron chi connectivity index (χ4n) is 3.11. The zero-order valence-electron chi connectivity index (χ0n) is 13.6. The molecule has 2 unspecified atom stereocenters. The summed E-state index contributed by atoms with van der Waals surface area (Å²) < 4.78 is 0. The third kappa shape index (κ3) is 3.72. The molecule has 0 bridgehead atoms. The molecule has 112 valence electrons. The monoisotopic (exact) mass is 275 g/mol. The average Bonchev–Trinajstić information content (AvgIpc) is 2.70. The lowest BCUT2D eigenvalue weighted by molar-refractivity contribution is 0.551. The minimum Gasteiger partial charge on any atom is -0.368 e. The third-order valence-corrected chi connectivity index (χ3v) is 4.06. The number of pyridine rings is 1. The normalized spacial score (nSPS) is 22.8. The minimum atomic E-state index is 0.635.